The van der Waals surface area contributed by atoms with Crippen LogP contribution in [0.2, 0.25) is 0 Å². The van der Waals surface area contributed by atoms with Crippen molar-refractivity contribution in [2.75, 3.05) is 24.6 Å². The third-order valence-electron chi connectivity index (χ3n) is 4.20. The number of piperidine rings is 1. The number of nitrogens with zero attached hydrogens (tertiary/aromatic N) is 3. The molecule has 1 aliphatic heterocycles. The third-order valence-corrected chi connectivity index (χ3v) is 5.14. The van der Waals surface area contributed by atoms with Crippen LogP contribution in [-0.4, -0.2) is 55.7 Å². The normalized spacial score (nSPS) is 15.4. The van der Waals surface area contributed by atoms with Gasteiger partial charge < -0.3 is 18.9 Å². The van der Waals surface area contributed by atoms with Gasteiger partial charge in [0.2, 0.25) is 5.88 Å². The van der Waals surface area contributed by atoms with E-state index in [4.69, 9.17) is 5.11 Å². The molecule has 2 heterocycles. The summed E-state index contributed by atoms with van der Waals surface area (Å²) in [4.78, 5) is 28.2. The van der Waals surface area contributed by atoms with Gasteiger partial charge in [-0.3, -0.25) is 4.79 Å². The van der Waals surface area contributed by atoms with E-state index in [1.54, 1.807) is 6.07 Å². The predicted octanol–water partition coefficient (Wildman–Crippen LogP) is 1.66. The van der Waals surface area contributed by atoms with Crippen LogP contribution in [0.1, 0.15) is 35.7 Å². The summed E-state index contributed by atoms with van der Waals surface area (Å²) in [6, 6.07) is 2.55. The third kappa shape index (κ3) is 4.90. The zero-order valence-electron chi connectivity index (χ0n) is 15.5. The Morgan fingerprint density at radius 1 is 1.37 bits per heavy atom. The number of ether oxygens (including phenoxy) is 1. The minimum absolute atomic E-state index is 0.0862. The van der Waals surface area contributed by atoms with Crippen molar-refractivity contribution in [1.29, 1.82) is 5.26 Å². The lowest BCUT2D eigenvalue weighted by molar-refractivity contribution is -0.142. The molecule has 1 fully saturated rings. The van der Waals surface area contributed by atoms with Gasteiger partial charge in [-0.2, -0.15) is 31.8 Å². The fraction of sp³-hybridized carbons (Fsp3) is 0.500. The van der Waals surface area contributed by atoms with Crippen LogP contribution in [0.4, 0.5) is 19.0 Å². The highest BCUT2D eigenvalue weighted by atomic mass is 32.2. The molecule has 0 spiro atoms. The van der Waals surface area contributed by atoms with E-state index in [-0.39, 0.29) is 43.9 Å². The van der Waals surface area contributed by atoms with Crippen LogP contribution in [0.3, 0.4) is 0 Å². The van der Waals surface area contributed by atoms with Crippen molar-refractivity contribution in [1.82, 2.24) is 4.98 Å². The van der Waals surface area contributed by atoms with E-state index in [2.05, 4.69) is 13.9 Å². The van der Waals surface area contributed by atoms with E-state index in [0.29, 0.717) is 0 Å². The number of carboxylic acid groups (broad SMARTS) is 1. The summed E-state index contributed by atoms with van der Waals surface area (Å²) >= 11 is 0. The smallest absolute Gasteiger partial charge is 0.481 e. The highest BCUT2D eigenvalue weighted by molar-refractivity contribution is 7.88. The average molecular weight is 451 g/mol. The number of carboxylic acids is 1. The first kappa shape index (κ1) is 23.2. The number of aromatic nitrogens is 1. The number of alkyl halides is 3. The highest BCUT2D eigenvalue weighted by Gasteiger charge is 2.49. The van der Waals surface area contributed by atoms with Crippen molar-refractivity contribution in [2.45, 2.75) is 25.3 Å². The number of rotatable bonds is 6. The average Bonchev–Trinajstić information content (AvgIpc) is 2.66. The van der Waals surface area contributed by atoms with Gasteiger partial charge in [-0.15, -0.1) is 0 Å². The number of nitriles is 1. The van der Waals surface area contributed by atoms with Crippen LogP contribution in [0.25, 0.3) is 0 Å². The maximum Gasteiger partial charge on any atom is 0.534 e. The summed E-state index contributed by atoms with van der Waals surface area (Å²) in [7, 11) is -6.16. The fourth-order valence-corrected chi connectivity index (χ4v) is 3.15. The Hall–Kier alpha value is -3.08. The molecule has 1 aliphatic rings. The van der Waals surface area contributed by atoms with Crippen molar-refractivity contribution < 1.29 is 45.2 Å². The zero-order valence-corrected chi connectivity index (χ0v) is 16.3. The molecule has 1 aromatic heterocycles. The first-order valence-corrected chi connectivity index (χ1v) is 9.92. The van der Waals surface area contributed by atoms with Crippen molar-refractivity contribution in [2.24, 2.45) is 5.92 Å². The topological polar surface area (TPSA) is 147 Å². The molecule has 0 radical (unpaired) electrons. The number of pyridine rings is 1. The van der Waals surface area contributed by atoms with Gasteiger partial charge in [-0.05, 0) is 25.8 Å². The summed E-state index contributed by atoms with van der Waals surface area (Å²) in [5.41, 5.74) is -6.80. The Morgan fingerprint density at radius 2 is 1.97 bits per heavy atom. The van der Waals surface area contributed by atoms with Crippen LogP contribution in [0.15, 0.2) is 6.07 Å². The molecule has 0 unspecified atom stereocenters. The lowest BCUT2D eigenvalue weighted by Crippen LogP contribution is -2.37. The largest absolute Gasteiger partial charge is 0.534 e. The van der Waals surface area contributed by atoms with Crippen LogP contribution in [0, 0.1) is 17.2 Å². The maximum absolute atomic E-state index is 12.7. The minimum atomic E-state index is -6.16. The predicted molar refractivity (Wildman–Crippen MR) is 93.1 cm³/mol. The quantitative estimate of drug-likeness (QED) is 0.385. The van der Waals surface area contributed by atoms with Crippen molar-refractivity contribution in [3.05, 3.63) is 17.2 Å². The molecule has 0 bridgehead atoms. The maximum atomic E-state index is 12.7. The molecule has 2 rings (SSSR count). The van der Waals surface area contributed by atoms with Crippen LogP contribution in [-0.2, 0) is 19.6 Å². The van der Waals surface area contributed by atoms with Crippen LogP contribution >= 0.6 is 0 Å². The first-order valence-electron chi connectivity index (χ1n) is 8.52. The number of carbonyl (C=O) groups is 2. The number of esters is 1. The van der Waals surface area contributed by atoms with E-state index in [0.717, 1.165) is 6.07 Å². The van der Waals surface area contributed by atoms with Gasteiger partial charge in [0.1, 0.15) is 11.6 Å². The van der Waals surface area contributed by atoms with E-state index in [9.17, 15) is 36.4 Å². The molecule has 14 heteroatoms. The number of halogens is 3. The number of anilines is 1. The van der Waals surface area contributed by atoms with Crippen LogP contribution < -0.4 is 9.08 Å². The Labute approximate surface area is 168 Å². The second-order valence-corrected chi connectivity index (χ2v) is 7.67. The molecule has 0 aromatic carbocycles. The molecule has 0 amide bonds. The van der Waals surface area contributed by atoms with Crippen molar-refractivity contribution >= 4 is 27.9 Å². The molecule has 1 saturated heterocycles. The molecule has 0 aliphatic carbocycles. The Bertz CT molecular complexity index is 981. The zero-order chi connectivity index (χ0) is 22.7. The molecule has 0 saturated carbocycles. The highest BCUT2D eigenvalue weighted by Crippen LogP contribution is 2.33. The lowest BCUT2D eigenvalue weighted by atomic mass is 9.97. The molecule has 10 nitrogen and oxygen atoms in total. The number of hydrogen-bond acceptors (Lipinski definition) is 9. The standard InChI is InChI=1S/C16H16F3N3O7S/c1-2-28-15(25)11-7-10(8-20)12(22-5-3-9(4-6-22)14(23)24)21-13(11)29-30(26,27)16(17,18)19/h7,9H,2-6H2,1H3,(H,23,24). The van der Waals surface area contributed by atoms with Crippen molar-refractivity contribution in [3.8, 4) is 11.9 Å². The van der Waals surface area contributed by atoms with Gasteiger partial charge in [0.05, 0.1) is 18.1 Å². The first-order chi connectivity index (χ1) is 13.9. The molecule has 0 atom stereocenters. The van der Waals surface area contributed by atoms with Gasteiger partial charge in [-0.25, -0.2) is 4.79 Å². The van der Waals surface area contributed by atoms with E-state index >= 15 is 0 Å². The summed E-state index contributed by atoms with van der Waals surface area (Å²) in [6.45, 7) is 1.40. The molecular weight excluding hydrogens is 435 g/mol. The van der Waals surface area contributed by atoms with Crippen molar-refractivity contribution in [3.63, 3.8) is 0 Å². The fourth-order valence-electron chi connectivity index (χ4n) is 2.72. The van der Waals surface area contributed by atoms with Gasteiger partial charge in [0.25, 0.3) is 0 Å². The van der Waals surface area contributed by atoms with Gasteiger partial charge in [-0.1, -0.05) is 0 Å². The molecule has 1 N–H and O–H groups in total. The number of carbonyl (C=O) groups excluding carboxylic acids is 1. The van der Waals surface area contributed by atoms with Crippen LogP contribution in [0.5, 0.6) is 5.88 Å². The summed E-state index contributed by atoms with van der Waals surface area (Å²) < 4.78 is 69.8. The van der Waals surface area contributed by atoms with E-state index in [1.807, 2.05) is 0 Å². The molecule has 30 heavy (non-hydrogen) atoms. The Morgan fingerprint density at radius 3 is 2.43 bits per heavy atom. The number of aliphatic carboxylic acids is 1. The summed E-state index contributed by atoms with van der Waals surface area (Å²) in [5, 5.41) is 18.4. The molecule has 1 aromatic rings. The molecular formula is C16H16F3N3O7S. The second-order valence-electron chi connectivity index (χ2n) is 6.13. The molecule has 164 valence electrons. The summed E-state index contributed by atoms with van der Waals surface area (Å²) in [6.07, 6.45) is 0.330. The van der Waals surface area contributed by atoms with Gasteiger partial charge >= 0.3 is 27.6 Å². The van der Waals surface area contributed by atoms with Gasteiger partial charge in [0.15, 0.2) is 5.82 Å². The SMILES string of the molecule is CCOC(=O)c1cc(C#N)c(N2CCC(C(=O)O)CC2)nc1OS(=O)(=O)C(F)(F)F. The monoisotopic (exact) mass is 451 g/mol. The minimum Gasteiger partial charge on any atom is -0.481 e. The van der Waals surface area contributed by atoms with Gasteiger partial charge in [0, 0.05) is 13.1 Å². The number of hydrogen-bond donors (Lipinski definition) is 1. The second kappa shape index (κ2) is 8.74. The Kier molecular flexibility index (Phi) is 6.76. The summed E-state index contributed by atoms with van der Waals surface area (Å²) in [5.74, 6) is -4.32. The Balaban J connectivity index is 2.53. The van der Waals surface area contributed by atoms with E-state index < -0.39 is 44.9 Å². The van der Waals surface area contributed by atoms with E-state index in [1.165, 1.54) is 11.8 Å². The lowest BCUT2D eigenvalue weighted by Gasteiger charge is -2.31.